The van der Waals surface area contributed by atoms with Gasteiger partial charge in [-0.15, -0.1) is 0 Å². The molecule has 0 aliphatic heterocycles. The first kappa shape index (κ1) is 17.9. The molecule has 0 atom stereocenters. The average molecular weight is 262 g/mol. The Labute approximate surface area is 119 Å². The van der Waals surface area contributed by atoms with Crippen molar-refractivity contribution in [2.45, 2.75) is 72.6 Å². The second-order valence-electron chi connectivity index (χ2n) is 5.43. The standard InChI is InChI=1S/C18H30O/c1-5-6-9-16(2)10-7-11-17(3)12-8-13-18(4)14-15-19/h10,12,14-15H,5-9,11,13H2,1-4H3/b16-10+,17-12+,18-14+. The lowest BCUT2D eigenvalue weighted by molar-refractivity contribution is -0.104. The van der Waals surface area contributed by atoms with Gasteiger partial charge < -0.3 is 0 Å². The minimum Gasteiger partial charge on any atom is -0.299 e. The molecule has 0 aromatic heterocycles. The van der Waals surface area contributed by atoms with Gasteiger partial charge in [0, 0.05) is 0 Å². The molecule has 108 valence electrons. The molecule has 0 heterocycles. The van der Waals surface area contributed by atoms with Gasteiger partial charge in [0.15, 0.2) is 0 Å². The Morgan fingerprint density at radius 3 is 1.89 bits per heavy atom. The summed E-state index contributed by atoms with van der Waals surface area (Å²) in [7, 11) is 0. The van der Waals surface area contributed by atoms with Crippen LogP contribution in [-0.4, -0.2) is 6.29 Å². The van der Waals surface area contributed by atoms with Crippen LogP contribution in [0.5, 0.6) is 0 Å². The third-order valence-electron chi connectivity index (χ3n) is 3.34. The maximum absolute atomic E-state index is 10.3. The second kappa shape index (κ2) is 12.0. The van der Waals surface area contributed by atoms with Crippen LogP contribution in [-0.2, 0) is 4.79 Å². The Morgan fingerprint density at radius 2 is 1.37 bits per heavy atom. The summed E-state index contributed by atoms with van der Waals surface area (Å²) in [5.74, 6) is 0. The Hall–Kier alpha value is -1.11. The highest BCUT2D eigenvalue weighted by Gasteiger charge is 1.93. The third kappa shape index (κ3) is 11.7. The summed E-state index contributed by atoms with van der Waals surface area (Å²) in [6.07, 6.45) is 15.4. The van der Waals surface area contributed by atoms with Crippen LogP contribution in [0.25, 0.3) is 0 Å². The van der Waals surface area contributed by atoms with Gasteiger partial charge in [0.1, 0.15) is 6.29 Å². The van der Waals surface area contributed by atoms with Crippen LogP contribution in [0.4, 0.5) is 0 Å². The molecule has 1 heteroatoms. The molecule has 0 aromatic carbocycles. The number of hydrogen-bond acceptors (Lipinski definition) is 1. The fourth-order valence-corrected chi connectivity index (χ4v) is 1.95. The van der Waals surface area contributed by atoms with E-state index in [-0.39, 0.29) is 0 Å². The van der Waals surface area contributed by atoms with E-state index in [1.807, 2.05) is 6.92 Å². The average Bonchev–Trinajstić information content (AvgIpc) is 2.36. The topological polar surface area (TPSA) is 17.1 Å². The van der Waals surface area contributed by atoms with Crippen LogP contribution in [0.15, 0.2) is 34.9 Å². The zero-order valence-electron chi connectivity index (χ0n) is 13.2. The molecule has 0 saturated heterocycles. The van der Waals surface area contributed by atoms with Crippen molar-refractivity contribution < 1.29 is 4.79 Å². The van der Waals surface area contributed by atoms with E-state index < -0.39 is 0 Å². The van der Waals surface area contributed by atoms with Crippen LogP contribution in [0.1, 0.15) is 72.6 Å². The van der Waals surface area contributed by atoms with Crippen molar-refractivity contribution in [2.75, 3.05) is 0 Å². The highest BCUT2D eigenvalue weighted by atomic mass is 16.1. The molecule has 0 aromatic rings. The van der Waals surface area contributed by atoms with Crippen molar-refractivity contribution in [1.82, 2.24) is 0 Å². The number of rotatable bonds is 10. The Kier molecular flexibility index (Phi) is 11.3. The van der Waals surface area contributed by atoms with Crippen molar-refractivity contribution in [3.05, 3.63) is 34.9 Å². The van der Waals surface area contributed by atoms with Crippen molar-refractivity contribution in [2.24, 2.45) is 0 Å². The molecule has 0 rings (SSSR count). The van der Waals surface area contributed by atoms with E-state index >= 15 is 0 Å². The van der Waals surface area contributed by atoms with Gasteiger partial charge in [-0.1, -0.05) is 42.2 Å². The van der Waals surface area contributed by atoms with Crippen LogP contribution < -0.4 is 0 Å². The fourth-order valence-electron chi connectivity index (χ4n) is 1.95. The largest absolute Gasteiger partial charge is 0.299 e. The molecular weight excluding hydrogens is 232 g/mol. The first-order valence-corrected chi connectivity index (χ1v) is 7.52. The summed E-state index contributed by atoms with van der Waals surface area (Å²) in [6, 6.07) is 0. The number of allylic oxidation sites excluding steroid dienone is 6. The zero-order chi connectivity index (χ0) is 14.5. The van der Waals surface area contributed by atoms with Crippen molar-refractivity contribution in [1.29, 1.82) is 0 Å². The van der Waals surface area contributed by atoms with Crippen molar-refractivity contribution in [3.8, 4) is 0 Å². The smallest absolute Gasteiger partial charge is 0.142 e. The van der Waals surface area contributed by atoms with E-state index in [4.69, 9.17) is 0 Å². The molecule has 0 bridgehead atoms. The molecule has 0 amide bonds. The molecule has 0 radical (unpaired) electrons. The Bertz CT molecular complexity index is 332. The van der Waals surface area contributed by atoms with Gasteiger partial charge in [-0.3, -0.25) is 4.79 Å². The molecular formula is C18H30O. The summed E-state index contributed by atoms with van der Waals surface area (Å²) in [5.41, 5.74) is 4.15. The van der Waals surface area contributed by atoms with Gasteiger partial charge in [0.05, 0.1) is 0 Å². The molecule has 0 spiro atoms. The monoisotopic (exact) mass is 262 g/mol. The molecule has 0 unspecified atom stereocenters. The molecule has 0 saturated carbocycles. The van der Waals surface area contributed by atoms with Crippen molar-refractivity contribution in [3.63, 3.8) is 0 Å². The molecule has 0 N–H and O–H groups in total. The van der Waals surface area contributed by atoms with Crippen LogP contribution in [0, 0.1) is 0 Å². The number of aldehydes is 1. The predicted molar refractivity (Wildman–Crippen MR) is 85.3 cm³/mol. The summed E-state index contributed by atoms with van der Waals surface area (Å²) < 4.78 is 0. The predicted octanol–water partition coefficient (Wildman–Crippen LogP) is 5.77. The SMILES string of the molecule is CCCC/C(C)=C/CC/C(C)=C/CC/C(C)=C/C=O. The van der Waals surface area contributed by atoms with Gasteiger partial charge in [0.25, 0.3) is 0 Å². The highest BCUT2D eigenvalue weighted by Crippen LogP contribution is 2.13. The maximum atomic E-state index is 10.3. The number of unbranched alkanes of at least 4 members (excludes halogenated alkanes) is 1. The Morgan fingerprint density at radius 1 is 0.842 bits per heavy atom. The molecule has 0 aliphatic carbocycles. The van der Waals surface area contributed by atoms with Gasteiger partial charge in [-0.05, 0) is 65.4 Å². The maximum Gasteiger partial charge on any atom is 0.142 e. The summed E-state index contributed by atoms with van der Waals surface area (Å²) in [6.45, 7) is 8.69. The molecule has 0 fully saturated rings. The van der Waals surface area contributed by atoms with E-state index in [9.17, 15) is 4.79 Å². The quantitative estimate of drug-likeness (QED) is 0.277. The minimum absolute atomic E-state index is 0.871. The van der Waals surface area contributed by atoms with E-state index in [1.54, 1.807) is 6.08 Å². The summed E-state index contributed by atoms with van der Waals surface area (Å²) in [5, 5.41) is 0. The summed E-state index contributed by atoms with van der Waals surface area (Å²) in [4.78, 5) is 10.3. The lowest BCUT2D eigenvalue weighted by Gasteiger charge is -2.02. The lowest BCUT2D eigenvalue weighted by Crippen LogP contribution is -1.82. The Balaban J connectivity index is 3.87. The molecule has 1 nitrogen and oxygen atoms in total. The first-order chi connectivity index (χ1) is 9.10. The van der Waals surface area contributed by atoms with Gasteiger partial charge in [-0.2, -0.15) is 0 Å². The number of carbonyl (C=O) groups is 1. The van der Waals surface area contributed by atoms with Crippen molar-refractivity contribution >= 4 is 6.29 Å². The fraction of sp³-hybridized carbons (Fsp3) is 0.611. The van der Waals surface area contributed by atoms with E-state index in [1.165, 1.54) is 30.4 Å². The van der Waals surface area contributed by atoms with Crippen LogP contribution in [0.2, 0.25) is 0 Å². The lowest BCUT2D eigenvalue weighted by atomic mass is 10.0. The highest BCUT2D eigenvalue weighted by molar-refractivity contribution is 5.65. The zero-order valence-corrected chi connectivity index (χ0v) is 13.2. The molecule has 0 aliphatic rings. The first-order valence-electron chi connectivity index (χ1n) is 7.52. The van der Waals surface area contributed by atoms with E-state index in [0.717, 1.165) is 37.5 Å². The minimum atomic E-state index is 0.871. The summed E-state index contributed by atoms with van der Waals surface area (Å²) >= 11 is 0. The third-order valence-corrected chi connectivity index (χ3v) is 3.34. The number of carbonyl (C=O) groups excluding carboxylic acids is 1. The second-order valence-corrected chi connectivity index (χ2v) is 5.43. The number of hydrogen-bond donors (Lipinski definition) is 0. The van der Waals surface area contributed by atoms with E-state index in [0.29, 0.717) is 0 Å². The van der Waals surface area contributed by atoms with Gasteiger partial charge in [-0.25, -0.2) is 0 Å². The normalized spacial score (nSPS) is 13.8. The van der Waals surface area contributed by atoms with E-state index in [2.05, 4.69) is 32.9 Å². The van der Waals surface area contributed by atoms with Gasteiger partial charge in [0.2, 0.25) is 0 Å². The molecule has 19 heavy (non-hydrogen) atoms. The van der Waals surface area contributed by atoms with Gasteiger partial charge >= 0.3 is 0 Å². The van der Waals surface area contributed by atoms with Crippen LogP contribution >= 0.6 is 0 Å². The van der Waals surface area contributed by atoms with Crippen LogP contribution in [0.3, 0.4) is 0 Å².